The molecule has 0 saturated heterocycles. The lowest BCUT2D eigenvalue weighted by Gasteiger charge is -2.22. The molecule has 3 N–H and O–H groups in total. The molecule has 0 aromatic carbocycles. The van der Waals surface area contributed by atoms with E-state index in [4.69, 9.17) is 10.8 Å². The Hall–Kier alpha value is -1.05. The van der Waals surface area contributed by atoms with Crippen LogP contribution in [0.4, 0.5) is 0 Å². The number of hydrogen-bond acceptors (Lipinski definition) is 6. The van der Waals surface area contributed by atoms with Crippen molar-refractivity contribution in [3.05, 3.63) is 10.8 Å². The van der Waals surface area contributed by atoms with Gasteiger partial charge in [0, 0.05) is 5.92 Å². The Morgan fingerprint density at radius 1 is 1.50 bits per heavy atom. The molecule has 1 atom stereocenters. The van der Waals surface area contributed by atoms with Crippen molar-refractivity contribution in [1.82, 2.24) is 19.8 Å². The standard InChI is InChI=1S/C9H13N5OS/c10-6(4-15)8-13-14-7(5-2-1-3-5)11-12-9(14)16-8/h5-6,15H,1-4,10H2. The zero-order valence-electron chi connectivity index (χ0n) is 8.70. The van der Waals surface area contributed by atoms with Gasteiger partial charge in [0.05, 0.1) is 12.6 Å². The Kier molecular flexibility index (Phi) is 2.38. The van der Waals surface area contributed by atoms with Gasteiger partial charge in [-0.15, -0.1) is 10.2 Å². The number of aliphatic hydroxyl groups is 1. The summed E-state index contributed by atoms with van der Waals surface area (Å²) in [6.45, 7) is -0.0944. The monoisotopic (exact) mass is 239 g/mol. The topological polar surface area (TPSA) is 89.3 Å². The molecule has 1 fully saturated rings. The van der Waals surface area contributed by atoms with Gasteiger partial charge in [-0.1, -0.05) is 17.8 Å². The zero-order chi connectivity index (χ0) is 11.1. The molecule has 7 heteroatoms. The van der Waals surface area contributed by atoms with Gasteiger partial charge in [-0.2, -0.15) is 9.61 Å². The molecule has 0 aliphatic heterocycles. The fourth-order valence-corrected chi connectivity index (χ4v) is 2.63. The van der Waals surface area contributed by atoms with Crippen LogP contribution in [0.1, 0.15) is 42.1 Å². The summed E-state index contributed by atoms with van der Waals surface area (Å²) in [6, 6.07) is -0.416. The van der Waals surface area contributed by atoms with Crippen LogP contribution in [0.15, 0.2) is 0 Å². The van der Waals surface area contributed by atoms with Crippen molar-refractivity contribution in [1.29, 1.82) is 0 Å². The molecule has 86 valence electrons. The van der Waals surface area contributed by atoms with E-state index in [2.05, 4.69) is 15.3 Å². The molecule has 16 heavy (non-hydrogen) atoms. The van der Waals surface area contributed by atoms with Crippen LogP contribution in [0.25, 0.3) is 4.96 Å². The van der Waals surface area contributed by atoms with Crippen molar-refractivity contribution in [3.8, 4) is 0 Å². The summed E-state index contributed by atoms with van der Waals surface area (Å²) in [4.78, 5) is 0.765. The average Bonchev–Trinajstić information content (AvgIpc) is 2.76. The van der Waals surface area contributed by atoms with Gasteiger partial charge in [-0.3, -0.25) is 0 Å². The van der Waals surface area contributed by atoms with E-state index in [0.29, 0.717) is 10.9 Å². The highest BCUT2D eigenvalue weighted by atomic mass is 32.1. The summed E-state index contributed by atoms with van der Waals surface area (Å²) in [5, 5.41) is 22.3. The Labute approximate surface area is 96.1 Å². The molecule has 0 amide bonds. The van der Waals surface area contributed by atoms with Crippen LogP contribution in [0.2, 0.25) is 0 Å². The minimum absolute atomic E-state index is 0.0944. The third kappa shape index (κ3) is 1.43. The maximum Gasteiger partial charge on any atom is 0.234 e. The summed E-state index contributed by atoms with van der Waals surface area (Å²) >= 11 is 1.40. The highest BCUT2D eigenvalue weighted by Crippen LogP contribution is 2.35. The molecule has 1 aliphatic carbocycles. The maximum absolute atomic E-state index is 8.98. The van der Waals surface area contributed by atoms with Crippen LogP contribution in [-0.4, -0.2) is 31.5 Å². The van der Waals surface area contributed by atoms with Gasteiger partial charge in [0.25, 0.3) is 0 Å². The molecular weight excluding hydrogens is 226 g/mol. The van der Waals surface area contributed by atoms with Crippen molar-refractivity contribution >= 4 is 16.3 Å². The van der Waals surface area contributed by atoms with Crippen molar-refractivity contribution in [3.63, 3.8) is 0 Å². The van der Waals surface area contributed by atoms with E-state index < -0.39 is 6.04 Å². The molecule has 6 nitrogen and oxygen atoms in total. The number of rotatable bonds is 3. The first-order chi connectivity index (χ1) is 7.79. The molecule has 2 aromatic heterocycles. The second-order valence-electron chi connectivity index (χ2n) is 4.11. The van der Waals surface area contributed by atoms with Crippen molar-refractivity contribution in [2.24, 2.45) is 5.73 Å². The Morgan fingerprint density at radius 3 is 2.94 bits per heavy atom. The number of aromatic nitrogens is 4. The van der Waals surface area contributed by atoms with E-state index in [1.807, 2.05) is 0 Å². The predicted octanol–water partition coefficient (Wildman–Crippen LogP) is 0.445. The van der Waals surface area contributed by atoms with Gasteiger partial charge in [-0.05, 0) is 12.8 Å². The van der Waals surface area contributed by atoms with E-state index >= 15 is 0 Å². The highest BCUT2D eigenvalue weighted by molar-refractivity contribution is 7.16. The quantitative estimate of drug-likeness (QED) is 0.811. The van der Waals surface area contributed by atoms with E-state index in [9.17, 15) is 0 Å². The van der Waals surface area contributed by atoms with Gasteiger partial charge in [0.15, 0.2) is 5.82 Å². The second-order valence-corrected chi connectivity index (χ2v) is 5.10. The first-order valence-corrected chi connectivity index (χ1v) is 6.19. The Bertz CT molecular complexity index is 503. The van der Waals surface area contributed by atoms with E-state index in [0.717, 1.165) is 10.8 Å². The molecule has 0 bridgehead atoms. The normalized spacial score (nSPS) is 18.9. The molecule has 2 aromatic rings. The largest absolute Gasteiger partial charge is 0.394 e. The number of fused-ring (bicyclic) bond motifs is 1. The second kappa shape index (κ2) is 3.76. The lowest BCUT2D eigenvalue weighted by atomic mass is 9.85. The first-order valence-electron chi connectivity index (χ1n) is 5.38. The van der Waals surface area contributed by atoms with Gasteiger partial charge in [0.2, 0.25) is 4.96 Å². The minimum Gasteiger partial charge on any atom is -0.394 e. The molecule has 1 saturated carbocycles. The summed E-state index contributed by atoms with van der Waals surface area (Å²) in [5.74, 6) is 1.43. The van der Waals surface area contributed by atoms with E-state index in [1.54, 1.807) is 4.52 Å². The fraction of sp³-hybridized carbons (Fsp3) is 0.667. The van der Waals surface area contributed by atoms with Crippen molar-refractivity contribution < 1.29 is 5.11 Å². The summed E-state index contributed by atoms with van der Waals surface area (Å²) in [7, 11) is 0. The fourth-order valence-electron chi connectivity index (χ4n) is 1.80. The molecule has 0 radical (unpaired) electrons. The minimum atomic E-state index is -0.416. The van der Waals surface area contributed by atoms with Crippen molar-refractivity contribution in [2.45, 2.75) is 31.2 Å². The van der Waals surface area contributed by atoms with E-state index in [-0.39, 0.29) is 6.61 Å². The summed E-state index contributed by atoms with van der Waals surface area (Å²) in [6.07, 6.45) is 3.59. The number of nitrogens with two attached hydrogens (primary N) is 1. The molecule has 1 aliphatic rings. The maximum atomic E-state index is 8.98. The van der Waals surface area contributed by atoms with Crippen LogP contribution in [0.3, 0.4) is 0 Å². The summed E-state index contributed by atoms with van der Waals surface area (Å²) < 4.78 is 1.78. The Morgan fingerprint density at radius 2 is 2.31 bits per heavy atom. The molecule has 1 unspecified atom stereocenters. The van der Waals surface area contributed by atoms with Crippen LogP contribution in [-0.2, 0) is 0 Å². The molecule has 2 heterocycles. The molecular formula is C9H13N5OS. The van der Waals surface area contributed by atoms with Gasteiger partial charge < -0.3 is 10.8 Å². The smallest absolute Gasteiger partial charge is 0.234 e. The van der Waals surface area contributed by atoms with Crippen LogP contribution in [0.5, 0.6) is 0 Å². The molecule has 0 spiro atoms. The average molecular weight is 239 g/mol. The number of nitrogens with zero attached hydrogens (tertiary/aromatic N) is 4. The first kappa shape index (κ1) is 10.1. The predicted molar refractivity (Wildman–Crippen MR) is 59.3 cm³/mol. The van der Waals surface area contributed by atoms with Gasteiger partial charge >= 0.3 is 0 Å². The van der Waals surface area contributed by atoms with Gasteiger partial charge in [0.1, 0.15) is 5.01 Å². The number of hydrogen-bond donors (Lipinski definition) is 2. The number of aliphatic hydroxyl groups excluding tert-OH is 1. The molecule has 3 rings (SSSR count). The van der Waals surface area contributed by atoms with Crippen LogP contribution < -0.4 is 5.73 Å². The SMILES string of the molecule is NC(CO)c1nn2c(C3CCC3)nnc2s1. The van der Waals surface area contributed by atoms with Gasteiger partial charge in [-0.25, -0.2) is 0 Å². The van der Waals surface area contributed by atoms with Crippen LogP contribution in [0, 0.1) is 0 Å². The third-order valence-electron chi connectivity index (χ3n) is 3.01. The zero-order valence-corrected chi connectivity index (χ0v) is 9.52. The highest BCUT2D eigenvalue weighted by Gasteiger charge is 2.26. The summed E-state index contributed by atoms with van der Waals surface area (Å²) in [5.41, 5.74) is 5.73. The Balaban J connectivity index is 2.01. The van der Waals surface area contributed by atoms with Crippen LogP contribution >= 0.6 is 11.3 Å². The lowest BCUT2D eigenvalue weighted by molar-refractivity contribution is 0.267. The van der Waals surface area contributed by atoms with Crippen molar-refractivity contribution in [2.75, 3.05) is 6.61 Å². The lowest BCUT2D eigenvalue weighted by Crippen LogP contribution is -2.16. The van der Waals surface area contributed by atoms with E-state index in [1.165, 1.54) is 30.6 Å². The third-order valence-corrected chi connectivity index (χ3v) is 4.05.